The van der Waals surface area contributed by atoms with Gasteiger partial charge in [-0.2, -0.15) is 4.31 Å². The lowest BCUT2D eigenvalue weighted by Crippen LogP contribution is -2.58. The number of hydrogen-bond donors (Lipinski definition) is 1. The minimum absolute atomic E-state index is 0.140. The van der Waals surface area contributed by atoms with Gasteiger partial charge in [0.1, 0.15) is 5.75 Å². The van der Waals surface area contributed by atoms with Crippen molar-refractivity contribution in [2.75, 3.05) is 31.3 Å². The van der Waals surface area contributed by atoms with Crippen molar-refractivity contribution in [3.05, 3.63) is 53.6 Å². The topological polar surface area (TPSA) is 87.2 Å². The number of aliphatic carboxylic acids is 1. The van der Waals surface area contributed by atoms with Crippen LogP contribution in [-0.4, -0.2) is 62.2 Å². The molecule has 1 heterocycles. The number of hydrogen-bond acceptors (Lipinski definition) is 5. The second kappa shape index (κ2) is 11.8. The Morgan fingerprint density at radius 2 is 1.67 bits per heavy atom. The first-order valence-electron chi connectivity index (χ1n) is 11.0. The number of carbonyl (C=O) groups is 1. The first-order chi connectivity index (χ1) is 15.5. The molecule has 9 heteroatoms. The SMILES string of the molecule is CCP.COc1ccc(N2CC(C)N(S(=O)(=O)c3ccc(C)c(CC(=O)O)c3)C(C)C2)cc1. The Labute approximate surface area is 200 Å². The maximum atomic E-state index is 13.4. The molecule has 0 amide bonds. The fraction of sp³-hybridized carbons (Fsp3) is 0.458. The summed E-state index contributed by atoms with van der Waals surface area (Å²) in [6.45, 7) is 8.79. The average Bonchev–Trinajstić information content (AvgIpc) is 2.74. The highest BCUT2D eigenvalue weighted by molar-refractivity contribution is 7.89. The van der Waals surface area contributed by atoms with E-state index >= 15 is 0 Å². The van der Waals surface area contributed by atoms with Crippen molar-refractivity contribution < 1.29 is 23.1 Å². The van der Waals surface area contributed by atoms with E-state index in [2.05, 4.69) is 21.1 Å². The molecule has 3 rings (SSSR count). The van der Waals surface area contributed by atoms with E-state index in [9.17, 15) is 13.2 Å². The summed E-state index contributed by atoms with van der Waals surface area (Å²) in [6.07, 6.45) is 0.964. The Kier molecular flexibility index (Phi) is 9.70. The molecule has 1 saturated heterocycles. The molecule has 1 fully saturated rings. The third-order valence-electron chi connectivity index (χ3n) is 5.51. The van der Waals surface area contributed by atoms with E-state index < -0.39 is 16.0 Å². The number of carboxylic acid groups (broad SMARTS) is 1. The first kappa shape index (κ1) is 27.1. The predicted molar refractivity (Wildman–Crippen MR) is 136 cm³/mol. The number of aryl methyl sites for hydroxylation is 1. The lowest BCUT2D eigenvalue weighted by Gasteiger charge is -2.44. The van der Waals surface area contributed by atoms with Crippen molar-refractivity contribution in [2.45, 2.75) is 51.1 Å². The van der Waals surface area contributed by atoms with Gasteiger partial charge in [-0.05, 0) is 74.5 Å². The number of carboxylic acids is 1. The summed E-state index contributed by atoms with van der Waals surface area (Å²) in [5, 5.41) is 9.12. The fourth-order valence-electron chi connectivity index (χ4n) is 4.07. The highest BCUT2D eigenvalue weighted by Crippen LogP contribution is 2.30. The van der Waals surface area contributed by atoms with Gasteiger partial charge in [0.25, 0.3) is 0 Å². The fourth-order valence-corrected chi connectivity index (χ4v) is 5.92. The van der Waals surface area contributed by atoms with E-state index in [0.29, 0.717) is 18.7 Å². The highest BCUT2D eigenvalue weighted by Gasteiger charge is 2.38. The van der Waals surface area contributed by atoms with Crippen LogP contribution in [0.1, 0.15) is 31.9 Å². The van der Waals surface area contributed by atoms with Gasteiger partial charge in [-0.1, -0.05) is 13.0 Å². The number of ether oxygens (including phenoxy) is 1. The van der Waals surface area contributed by atoms with Gasteiger partial charge in [0.15, 0.2) is 0 Å². The van der Waals surface area contributed by atoms with E-state index in [0.717, 1.165) is 17.0 Å². The summed E-state index contributed by atoms with van der Waals surface area (Å²) in [7, 11) is 0.441. The lowest BCUT2D eigenvalue weighted by molar-refractivity contribution is -0.136. The molecular formula is C24H35N2O5PS. The minimum atomic E-state index is -3.76. The normalized spacial score (nSPS) is 18.9. The molecule has 182 valence electrons. The van der Waals surface area contributed by atoms with E-state index in [1.54, 1.807) is 30.5 Å². The van der Waals surface area contributed by atoms with Crippen molar-refractivity contribution in [1.29, 1.82) is 0 Å². The summed E-state index contributed by atoms with van der Waals surface area (Å²) < 4.78 is 33.6. The van der Waals surface area contributed by atoms with Gasteiger partial charge >= 0.3 is 5.97 Å². The molecule has 7 nitrogen and oxygen atoms in total. The maximum absolute atomic E-state index is 13.4. The van der Waals surface area contributed by atoms with Crippen LogP contribution in [0.15, 0.2) is 47.4 Å². The molecule has 0 aromatic heterocycles. The average molecular weight is 495 g/mol. The van der Waals surface area contributed by atoms with Gasteiger partial charge in [0.05, 0.1) is 18.4 Å². The maximum Gasteiger partial charge on any atom is 0.307 e. The first-order valence-corrected chi connectivity index (χ1v) is 13.2. The van der Waals surface area contributed by atoms with Crippen LogP contribution in [-0.2, 0) is 21.2 Å². The molecule has 0 saturated carbocycles. The summed E-state index contributed by atoms with van der Waals surface area (Å²) >= 11 is 0. The van der Waals surface area contributed by atoms with E-state index in [1.807, 2.05) is 38.1 Å². The van der Waals surface area contributed by atoms with Gasteiger partial charge in [0.2, 0.25) is 10.0 Å². The summed E-state index contributed by atoms with van der Waals surface area (Å²) in [6, 6.07) is 12.0. The number of nitrogens with zero attached hydrogens (tertiary/aromatic N) is 2. The van der Waals surface area contributed by atoms with Crippen LogP contribution in [0, 0.1) is 6.92 Å². The van der Waals surface area contributed by atoms with Crippen LogP contribution < -0.4 is 9.64 Å². The van der Waals surface area contributed by atoms with E-state index in [1.165, 1.54) is 12.2 Å². The number of piperazine rings is 1. The number of rotatable bonds is 6. The van der Waals surface area contributed by atoms with Crippen molar-refractivity contribution in [3.63, 3.8) is 0 Å². The molecule has 0 bridgehead atoms. The van der Waals surface area contributed by atoms with Crippen LogP contribution >= 0.6 is 9.24 Å². The monoisotopic (exact) mass is 494 g/mol. The van der Waals surface area contributed by atoms with Gasteiger partial charge < -0.3 is 14.7 Å². The molecule has 3 atom stereocenters. The van der Waals surface area contributed by atoms with Gasteiger partial charge in [0, 0.05) is 30.9 Å². The third kappa shape index (κ3) is 6.69. The lowest BCUT2D eigenvalue weighted by atomic mass is 10.1. The highest BCUT2D eigenvalue weighted by atomic mass is 32.2. The third-order valence-corrected chi connectivity index (χ3v) is 7.64. The number of anilines is 1. The van der Waals surface area contributed by atoms with Crippen LogP contribution in [0.5, 0.6) is 5.75 Å². The standard InChI is InChI=1S/C22H28N2O5S.C2H7P/c1-15-5-10-21(11-18(15)12-22(25)26)30(27,28)24-16(2)13-23(14-17(24)3)19-6-8-20(29-4)9-7-19;1-2-3/h5-11,16-17H,12-14H2,1-4H3,(H,25,26);2-3H2,1H3. The Bertz CT molecular complexity index is 1030. The quantitative estimate of drug-likeness (QED) is 0.615. The Morgan fingerprint density at radius 3 is 2.15 bits per heavy atom. The zero-order valence-electron chi connectivity index (χ0n) is 20.0. The van der Waals surface area contributed by atoms with E-state index in [-0.39, 0.29) is 23.4 Å². The molecule has 3 unspecified atom stereocenters. The Balaban J connectivity index is 0.00000122. The second-order valence-electron chi connectivity index (χ2n) is 8.20. The molecule has 2 aromatic rings. The molecule has 2 aromatic carbocycles. The zero-order chi connectivity index (χ0) is 24.8. The Morgan fingerprint density at radius 1 is 1.12 bits per heavy atom. The number of sulfonamides is 1. The van der Waals surface area contributed by atoms with Crippen molar-refractivity contribution in [3.8, 4) is 5.75 Å². The minimum Gasteiger partial charge on any atom is -0.497 e. The molecule has 1 N–H and O–H groups in total. The number of methoxy groups -OCH3 is 1. The zero-order valence-corrected chi connectivity index (χ0v) is 22.0. The molecule has 1 aliphatic heterocycles. The number of benzene rings is 2. The van der Waals surface area contributed by atoms with Gasteiger partial charge in [-0.3, -0.25) is 4.79 Å². The second-order valence-corrected chi connectivity index (χ2v) is 10.9. The van der Waals surface area contributed by atoms with Crippen molar-refractivity contribution >= 4 is 30.9 Å². The van der Waals surface area contributed by atoms with Crippen LogP contribution in [0.4, 0.5) is 5.69 Å². The van der Waals surface area contributed by atoms with Crippen LogP contribution in [0.25, 0.3) is 0 Å². The summed E-state index contributed by atoms with van der Waals surface area (Å²) in [5.41, 5.74) is 2.30. The molecule has 0 spiro atoms. The predicted octanol–water partition coefficient (Wildman–Crippen LogP) is 3.80. The molecular weight excluding hydrogens is 459 g/mol. The van der Waals surface area contributed by atoms with Gasteiger partial charge in [-0.15, -0.1) is 9.24 Å². The Hall–Kier alpha value is -2.15. The van der Waals surface area contributed by atoms with E-state index in [4.69, 9.17) is 9.84 Å². The van der Waals surface area contributed by atoms with Crippen LogP contribution in [0.3, 0.4) is 0 Å². The van der Waals surface area contributed by atoms with Crippen LogP contribution in [0.2, 0.25) is 0 Å². The molecule has 0 aliphatic carbocycles. The molecule has 33 heavy (non-hydrogen) atoms. The molecule has 0 radical (unpaired) electrons. The largest absolute Gasteiger partial charge is 0.497 e. The summed E-state index contributed by atoms with van der Waals surface area (Å²) in [4.78, 5) is 13.4. The summed E-state index contributed by atoms with van der Waals surface area (Å²) in [5.74, 6) is -0.208. The molecule has 1 aliphatic rings. The van der Waals surface area contributed by atoms with Crippen molar-refractivity contribution in [1.82, 2.24) is 4.31 Å². The smallest absolute Gasteiger partial charge is 0.307 e. The van der Waals surface area contributed by atoms with Crippen molar-refractivity contribution in [2.24, 2.45) is 0 Å². The van der Waals surface area contributed by atoms with Gasteiger partial charge in [-0.25, -0.2) is 8.42 Å².